The average molecular weight is 452 g/mol. The average Bonchev–Trinajstić information content (AvgIpc) is 2.85. The number of hydrogen-bond donors (Lipinski definition) is 2. The summed E-state index contributed by atoms with van der Waals surface area (Å²) in [5.74, 6) is 0.319. The van der Waals surface area contributed by atoms with Gasteiger partial charge in [0.05, 0.1) is 19.7 Å². The minimum absolute atomic E-state index is 0. The number of hydrogen-bond acceptors (Lipinski definition) is 4. The van der Waals surface area contributed by atoms with Crippen molar-refractivity contribution in [2.45, 2.75) is 38.4 Å². The van der Waals surface area contributed by atoms with Crippen LogP contribution in [0.1, 0.15) is 24.5 Å². The van der Waals surface area contributed by atoms with E-state index in [0.717, 1.165) is 16.8 Å². The largest absolute Gasteiger partial charge is 0.496 e. The molecule has 162 valence electrons. The van der Waals surface area contributed by atoms with E-state index in [-0.39, 0.29) is 30.3 Å². The molecule has 0 aromatic heterocycles. The molecule has 3 rings (SSSR count). The van der Waals surface area contributed by atoms with Crippen LogP contribution in [0.5, 0.6) is 5.75 Å². The van der Waals surface area contributed by atoms with Crippen molar-refractivity contribution in [2.24, 2.45) is 0 Å². The first-order valence-corrected chi connectivity index (χ1v) is 10.0. The number of benzene rings is 2. The molecule has 1 aliphatic rings. The van der Waals surface area contributed by atoms with Gasteiger partial charge >= 0.3 is 0 Å². The van der Waals surface area contributed by atoms with Crippen LogP contribution in [0.25, 0.3) is 0 Å². The molecule has 0 saturated heterocycles. The Morgan fingerprint density at radius 3 is 2.73 bits per heavy atom. The van der Waals surface area contributed by atoms with Gasteiger partial charge in [-0.2, -0.15) is 0 Å². The number of halogens is 2. The van der Waals surface area contributed by atoms with Crippen molar-refractivity contribution in [3.63, 3.8) is 0 Å². The Labute approximate surface area is 188 Å². The minimum Gasteiger partial charge on any atom is -0.496 e. The smallest absolute Gasteiger partial charge is 0.249 e. The van der Waals surface area contributed by atoms with E-state index in [1.54, 1.807) is 44.2 Å². The lowest BCUT2D eigenvalue weighted by atomic mass is 10.1. The number of carbonyl (C=O) groups is 2. The summed E-state index contributed by atoms with van der Waals surface area (Å²) in [5, 5.41) is 6.38. The predicted molar refractivity (Wildman–Crippen MR) is 122 cm³/mol. The highest BCUT2D eigenvalue weighted by molar-refractivity contribution is 6.30. The first-order chi connectivity index (χ1) is 13.9. The number of rotatable bonds is 6. The number of ether oxygens (including phenoxy) is 1. The number of nitrogens with one attached hydrogen (secondary N) is 2. The molecule has 1 aliphatic heterocycles. The molecule has 0 aliphatic carbocycles. The van der Waals surface area contributed by atoms with Crippen LogP contribution in [0.2, 0.25) is 5.02 Å². The summed E-state index contributed by atoms with van der Waals surface area (Å²) in [6.07, 6.45) is 1.24. The number of fused-ring (bicyclic) bond motifs is 1. The molecule has 0 fully saturated rings. The molecule has 0 spiro atoms. The van der Waals surface area contributed by atoms with E-state index in [1.165, 1.54) is 0 Å². The van der Waals surface area contributed by atoms with E-state index >= 15 is 0 Å². The zero-order valence-electron chi connectivity index (χ0n) is 17.3. The van der Waals surface area contributed by atoms with E-state index in [0.29, 0.717) is 30.2 Å². The van der Waals surface area contributed by atoms with Crippen molar-refractivity contribution in [3.8, 4) is 5.75 Å². The molecule has 0 bridgehead atoms. The number of likely N-dealkylation sites (N-methyl/N-ethyl adjacent to an activating group) is 1. The van der Waals surface area contributed by atoms with Crippen molar-refractivity contribution in [1.82, 2.24) is 10.6 Å². The Bertz CT molecular complexity index is 907. The molecule has 2 N–H and O–H groups in total. The number of carbonyl (C=O) groups excluding carboxylic acids is 2. The maximum absolute atomic E-state index is 13.5. The van der Waals surface area contributed by atoms with Gasteiger partial charge in [0.15, 0.2) is 0 Å². The fourth-order valence-corrected chi connectivity index (χ4v) is 3.68. The van der Waals surface area contributed by atoms with Gasteiger partial charge in [-0.25, -0.2) is 0 Å². The Balaban J connectivity index is 0.00000320. The van der Waals surface area contributed by atoms with Gasteiger partial charge in [0.2, 0.25) is 11.8 Å². The summed E-state index contributed by atoms with van der Waals surface area (Å²) in [4.78, 5) is 27.6. The van der Waals surface area contributed by atoms with Gasteiger partial charge in [-0.1, -0.05) is 29.8 Å². The Hall–Kier alpha value is -2.28. The molecule has 1 heterocycles. The Kier molecular flexibility index (Phi) is 8.53. The van der Waals surface area contributed by atoms with Crippen LogP contribution in [-0.2, 0) is 22.6 Å². The molecule has 8 heteroatoms. The van der Waals surface area contributed by atoms with Crippen LogP contribution in [0.15, 0.2) is 42.5 Å². The van der Waals surface area contributed by atoms with E-state index < -0.39 is 6.04 Å². The van der Waals surface area contributed by atoms with Crippen molar-refractivity contribution < 1.29 is 14.3 Å². The fourth-order valence-electron chi connectivity index (χ4n) is 3.48. The second-order valence-electron chi connectivity index (χ2n) is 7.12. The van der Waals surface area contributed by atoms with Crippen LogP contribution >= 0.6 is 24.0 Å². The number of amides is 2. The molecule has 0 radical (unpaired) electrons. The zero-order valence-corrected chi connectivity index (χ0v) is 18.8. The topological polar surface area (TPSA) is 70.7 Å². The number of nitrogens with zero attached hydrogens (tertiary/aromatic N) is 1. The Morgan fingerprint density at radius 2 is 2.03 bits per heavy atom. The van der Waals surface area contributed by atoms with Gasteiger partial charge in [-0.15, -0.1) is 12.4 Å². The highest BCUT2D eigenvalue weighted by Gasteiger charge is 2.32. The molecule has 2 atom stereocenters. The van der Waals surface area contributed by atoms with E-state index in [1.807, 2.05) is 24.3 Å². The van der Waals surface area contributed by atoms with Crippen LogP contribution in [0.4, 0.5) is 5.69 Å². The monoisotopic (exact) mass is 451 g/mol. The molecule has 0 saturated carbocycles. The maximum Gasteiger partial charge on any atom is 0.249 e. The van der Waals surface area contributed by atoms with Crippen LogP contribution in [-0.4, -0.2) is 38.1 Å². The van der Waals surface area contributed by atoms with Gasteiger partial charge in [-0.3, -0.25) is 9.59 Å². The van der Waals surface area contributed by atoms with Gasteiger partial charge in [0.1, 0.15) is 11.8 Å². The number of aryl methyl sites for hydroxylation is 1. The van der Waals surface area contributed by atoms with Crippen LogP contribution in [0.3, 0.4) is 0 Å². The van der Waals surface area contributed by atoms with E-state index in [2.05, 4.69) is 10.6 Å². The predicted octanol–water partition coefficient (Wildman–Crippen LogP) is 3.34. The highest BCUT2D eigenvalue weighted by Crippen LogP contribution is 2.31. The standard InChI is InChI=1S/C22H26ClN3O3.ClH/c1-14(24-2)21(27)25-18-10-8-15-6-4-5-7-19(15)26(22(18)28)13-16-12-17(23)9-11-20(16)29-3;/h4-7,9,11-12,14,18,24H,8,10,13H2,1-3H3,(H,25,27);1H/t14-,18-;/m0./s1. The number of methoxy groups -OCH3 is 1. The van der Waals surface area contributed by atoms with Crippen molar-refractivity contribution in [3.05, 3.63) is 58.6 Å². The first kappa shape index (κ1) is 24.0. The third-order valence-electron chi connectivity index (χ3n) is 5.26. The van der Waals surface area contributed by atoms with Crippen molar-refractivity contribution in [1.29, 1.82) is 0 Å². The summed E-state index contributed by atoms with van der Waals surface area (Å²) in [7, 11) is 3.31. The normalized spacial score (nSPS) is 16.7. The van der Waals surface area contributed by atoms with E-state index in [9.17, 15) is 9.59 Å². The van der Waals surface area contributed by atoms with E-state index in [4.69, 9.17) is 16.3 Å². The third-order valence-corrected chi connectivity index (χ3v) is 5.50. The molecular weight excluding hydrogens is 425 g/mol. The highest BCUT2D eigenvalue weighted by atomic mass is 35.5. The summed E-state index contributed by atoms with van der Waals surface area (Å²) >= 11 is 6.19. The lowest BCUT2D eigenvalue weighted by Gasteiger charge is -2.27. The first-order valence-electron chi connectivity index (χ1n) is 9.64. The van der Waals surface area contributed by atoms with Crippen LogP contribution < -0.4 is 20.3 Å². The lowest BCUT2D eigenvalue weighted by Crippen LogP contribution is -2.52. The van der Waals surface area contributed by atoms with Gasteiger partial charge < -0.3 is 20.3 Å². The lowest BCUT2D eigenvalue weighted by molar-refractivity contribution is -0.128. The summed E-state index contributed by atoms with van der Waals surface area (Å²) < 4.78 is 5.46. The molecule has 2 amide bonds. The van der Waals surface area contributed by atoms with Gasteiger partial charge in [0.25, 0.3) is 0 Å². The molecule has 2 aromatic carbocycles. The molecule has 0 unspecified atom stereocenters. The van der Waals surface area contributed by atoms with Crippen molar-refractivity contribution in [2.75, 3.05) is 19.1 Å². The number of anilines is 1. The number of para-hydroxylation sites is 1. The molecule has 2 aromatic rings. The molecule has 6 nitrogen and oxygen atoms in total. The van der Waals surface area contributed by atoms with Gasteiger partial charge in [-0.05, 0) is 56.6 Å². The quantitative estimate of drug-likeness (QED) is 0.706. The summed E-state index contributed by atoms with van der Waals surface area (Å²) in [6, 6.07) is 12.2. The van der Waals surface area contributed by atoms with Crippen LogP contribution in [0, 0.1) is 0 Å². The maximum atomic E-state index is 13.5. The second-order valence-corrected chi connectivity index (χ2v) is 7.56. The second kappa shape index (κ2) is 10.7. The summed E-state index contributed by atoms with van der Waals surface area (Å²) in [5.41, 5.74) is 2.72. The van der Waals surface area contributed by atoms with Crippen molar-refractivity contribution >= 4 is 41.5 Å². The molecular formula is C22H27Cl2N3O3. The third kappa shape index (κ3) is 5.25. The Morgan fingerprint density at radius 1 is 1.30 bits per heavy atom. The molecule has 30 heavy (non-hydrogen) atoms. The summed E-state index contributed by atoms with van der Waals surface area (Å²) in [6.45, 7) is 2.06. The SMILES string of the molecule is CN[C@@H](C)C(=O)N[C@H]1CCc2ccccc2N(Cc2cc(Cl)ccc2OC)C1=O.Cl. The zero-order chi connectivity index (χ0) is 21.0. The van der Waals surface area contributed by atoms with Gasteiger partial charge in [0, 0.05) is 16.3 Å². The fraction of sp³-hybridized carbons (Fsp3) is 0.364. The minimum atomic E-state index is -0.601.